The molecule has 1 aromatic carbocycles. The Bertz CT molecular complexity index is 387. The average molecular weight is 210 g/mol. The zero-order valence-corrected chi connectivity index (χ0v) is 8.10. The minimum atomic E-state index is -1.03. The highest BCUT2D eigenvalue weighted by Crippen LogP contribution is 2.34. The zero-order valence-electron chi connectivity index (χ0n) is 8.10. The number of carboxylic acid groups (broad SMARTS) is 1. The molecular weight excluding hydrogens is 200 g/mol. The minimum absolute atomic E-state index is 0.170. The van der Waals surface area contributed by atoms with E-state index in [2.05, 4.69) is 0 Å². The van der Waals surface area contributed by atoms with Crippen LogP contribution in [0.4, 0.5) is 0 Å². The number of ether oxygens (including phenoxy) is 3. The zero-order chi connectivity index (χ0) is 10.8. The van der Waals surface area contributed by atoms with E-state index in [1.807, 2.05) is 0 Å². The van der Waals surface area contributed by atoms with E-state index in [0.29, 0.717) is 17.1 Å². The molecule has 0 bridgehead atoms. The predicted molar refractivity (Wildman–Crippen MR) is 50.0 cm³/mol. The maximum Gasteiger partial charge on any atom is 0.337 e. The summed E-state index contributed by atoms with van der Waals surface area (Å²) in [5.74, 6) is 0.145. The van der Waals surface area contributed by atoms with Gasteiger partial charge < -0.3 is 19.3 Å². The predicted octanol–water partition coefficient (Wildman–Crippen LogP) is 1.19. The minimum Gasteiger partial charge on any atom is -0.479 e. The Labute approximate surface area is 86.2 Å². The van der Waals surface area contributed by atoms with Crippen molar-refractivity contribution in [3.05, 3.63) is 23.8 Å². The molecule has 1 N–H and O–H groups in total. The van der Waals surface area contributed by atoms with Crippen LogP contribution in [0.5, 0.6) is 11.5 Å². The smallest absolute Gasteiger partial charge is 0.337 e. The molecule has 0 fully saturated rings. The molecule has 0 aromatic heterocycles. The van der Waals surface area contributed by atoms with Gasteiger partial charge in [0.05, 0.1) is 0 Å². The van der Waals surface area contributed by atoms with Crippen LogP contribution in [0.3, 0.4) is 0 Å². The van der Waals surface area contributed by atoms with Crippen LogP contribution in [0.25, 0.3) is 0 Å². The third-order valence-electron chi connectivity index (χ3n) is 2.16. The van der Waals surface area contributed by atoms with Crippen molar-refractivity contribution in [3.63, 3.8) is 0 Å². The van der Waals surface area contributed by atoms with E-state index in [9.17, 15) is 4.79 Å². The van der Waals surface area contributed by atoms with Crippen molar-refractivity contribution >= 4 is 5.97 Å². The molecule has 0 aliphatic carbocycles. The lowest BCUT2D eigenvalue weighted by atomic mass is 10.1. The topological polar surface area (TPSA) is 65.0 Å². The number of aliphatic carboxylic acids is 1. The van der Waals surface area contributed by atoms with Gasteiger partial charge in [-0.25, -0.2) is 4.79 Å². The summed E-state index contributed by atoms with van der Waals surface area (Å²) < 4.78 is 15.1. The van der Waals surface area contributed by atoms with Gasteiger partial charge in [0.2, 0.25) is 6.79 Å². The monoisotopic (exact) mass is 210 g/mol. The third kappa shape index (κ3) is 1.73. The summed E-state index contributed by atoms with van der Waals surface area (Å²) >= 11 is 0. The summed E-state index contributed by atoms with van der Waals surface area (Å²) in [7, 11) is 1.35. The summed E-state index contributed by atoms with van der Waals surface area (Å²) in [6, 6.07) is 4.94. The molecule has 1 aliphatic heterocycles. The first-order valence-corrected chi connectivity index (χ1v) is 4.37. The number of fused-ring (bicyclic) bond motifs is 1. The van der Waals surface area contributed by atoms with Crippen molar-refractivity contribution in [2.75, 3.05) is 13.9 Å². The maximum atomic E-state index is 10.8. The molecule has 80 valence electrons. The number of rotatable bonds is 3. The van der Waals surface area contributed by atoms with Gasteiger partial charge in [0.15, 0.2) is 17.6 Å². The van der Waals surface area contributed by atoms with E-state index in [4.69, 9.17) is 19.3 Å². The van der Waals surface area contributed by atoms with Crippen LogP contribution in [-0.2, 0) is 9.53 Å². The molecule has 1 heterocycles. The van der Waals surface area contributed by atoms with Crippen LogP contribution in [-0.4, -0.2) is 25.0 Å². The molecule has 0 amide bonds. The molecule has 0 saturated carbocycles. The van der Waals surface area contributed by atoms with Crippen molar-refractivity contribution in [3.8, 4) is 11.5 Å². The van der Waals surface area contributed by atoms with Crippen molar-refractivity contribution < 1.29 is 24.1 Å². The van der Waals surface area contributed by atoms with Crippen LogP contribution in [0.2, 0.25) is 0 Å². The highest BCUT2D eigenvalue weighted by molar-refractivity contribution is 5.74. The Kier molecular flexibility index (Phi) is 2.47. The second-order valence-corrected chi connectivity index (χ2v) is 3.07. The first-order chi connectivity index (χ1) is 7.22. The van der Waals surface area contributed by atoms with E-state index >= 15 is 0 Å². The quantitative estimate of drug-likeness (QED) is 0.811. The molecule has 0 spiro atoms. The van der Waals surface area contributed by atoms with Gasteiger partial charge in [0.25, 0.3) is 0 Å². The average Bonchev–Trinajstić information content (AvgIpc) is 2.65. The lowest BCUT2D eigenvalue weighted by Crippen LogP contribution is -2.13. The number of methoxy groups -OCH3 is 1. The SMILES string of the molecule is COC(C(=O)O)c1ccc2c(c1)OCO2. The number of hydrogen-bond acceptors (Lipinski definition) is 4. The van der Waals surface area contributed by atoms with E-state index in [1.54, 1.807) is 18.2 Å². The molecule has 2 rings (SSSR count). The summed E-state index contributed by atoms with van der Waals surface area (Å²) in [6.07, 6.45) is -0.973. The third-order valence-corrected chi connectivity index (χ3v) is 2.16. The fourth-order valence-electron chi connectivity index (χ4n) is 1.46. The molecule has 15 heavy (non-hydrogen) atoms. The summed E-state index contributed by atoms with van der Waals surface area (Å²) in [4.78, 5) is 10.8. The Morgan fingerprint density at radius 3 is 2.87 bits per heavy atom. The van der Waals surface area contributed by atoms with Crippen LogP contribution in [0.1, 0.15) is 11.7 Å². The Morgan fingerprint density at radius 2 is 2.20 bits per heavy atom. The molecule has 5 heteroatoms. The van der Waals surface area contributed by atoms with Gasteiger partial charge in [0, 0.05) is 7.11 Å². The molecule has 0 saturated heterocycles. The van der Waals surface area contributed by atoms with Crippen LogP contribution < -0.4 is 9.47 Å². The van der Waals surface area contributed by atoms with Gasteiger partial charge in [0.1, 0.15) is 0 Å². The fourth-order valence-corrected chi connectivity index (χ4v) is 1.46. The Hall–Kier alpha value is -1.75. The number of carboxylic acids is 1. The second kappa shape index (κ2) is 3.78. The first-order valence-electron chi connectivity index (χ1n) is 4.37. The normalized spacial score (nSPS) is 15.0. The highest BCUT2D eigenvalue weighted by atomic mass is 16.7. The Morgan fingerprint density at radius 1 is 1.47 bits per heavy atom. The second-order valence-electron chi connectivity index (χ2n) is 3.07. The van der Waals surface area contributed by atoms with Crippen molar-refractivity contribution in [1.82, 2.24) is 0 Å². The number of carbonyl (C=O) groups is 1. The van der Waals surface area contributed by atoms with Crippen molar-refractivity contribution in [2.45, 2.75) is 6.10 Å². The van der Waals surface area contributed by atoms with E-state index in [0.717, 1.165) is 0 Å². The van der Waals surface area contributed by atoms with Crippen molar-refractivity contribution in [1.29, 1.82) is 0 Å². The lowest BCUT2D eigenvalue weighted by molar-refractivity contribution is -0.148. The van der Waals surface area contributed by atoms with E-state index in [1.165, 1.54) is 7.11 Å². The van der Waals surface area contributed by atoms with Crippen LogP contribution in [0, 0.1) is 0 Å². The lowest BCUT2D eigenvalue weighted by Gasteiger charge is -2.10. The molecule has 1 aromatic rings. The first kappa shape index (κ1) is 9.79. The molecule has 1 unspecified atom stereocenters. The number of benzene rings is 1. The van der Waals surface area contributed by atoms with Gasteiger partial charge in [-0.3, -0.25) is 0 Å². The highest BCUT2D eigenvalue weighted by Gasteiger charge is 2.22. The van der Waals surface area contributed by atoms with Gasteiger partial charge in [-0.1, -0.05) is 6.07 Å². The summed E-state index contributed by atoms with van der Waals surface area (Å²) in [5, 5.41) is 8.88. The summed E-state index contributed by atoms with van der Waals surface area (Å²) in [5.41, 5.74) is 0.536. The molecule has 1 atom stereocenters. The standard InChI is InChI=1S/C10H10O5/c1-13-9(10(11)12)6-2-3-7-8(4-6)15-5-14-7/h2-4,9H,5H2,1H3,(H,11,12). The molecule has 0 radical (unpaired) electrons. The van der Waals surface area contributed by atoms with Crippen LogP contribution in [0.15, 0.2) is 18.2 Å². The Balaban J connectivity index is 2.32. The van der Waals surface area contributed by atoms with E-state index in [-0.39, 0.29) is 6.79 Å². The largest absolute Gasteiger partial charge is 0.479 e. The van der Waals surface area contributed by atoms with Gasteiger partial charge in [-0.05, 0) is 17.7 Å². The van der Waals surface area contributed by atoms with E-state index < -0.39 is 12.1 Å². The van der Waals surface area contributed by atoms with Gasteiger partial charge in [-0.15, -0.1) is 0 Å². The maximum absolute atomic E-state index is 10.8. The van der Waals surface area contributed by atoms with Gasteiger partial charge in [-0.2, -0.15) is 0 Å². The molecule has 1 aliphatic rings. The van der Waals surface area contributed by atoms with Gasteiger partial charge >= 0.3 is 5.97 Å². The molecular formula is C10H10O5. The fraction of sp³-hybridized carbons (Fsp3) is 0.300. The summed E-state index contributed by atoms with van der Waals surface area (Å²) in [6.45, 7) is 0.170. The molecule has 5 nitrogen and oxygen atoms in total. The van der Waals surface area contributed by atoms with Crippen LogP contribution >= 0.6 is 0 Å². The number of hydrogen-bond donors (Lipinski definition) is 1. The van der Waals surface area contributed by atoms with Crippen molar-refractivity contribution in [2.24, 2.45) is 0 Å².